The van der Waals surface area contributed by atoms with Crippen molar-refractivity contribution in [2.75, 3.05) is 5.75 Å². The van der Waals surface area contributed by atoms with Crippen LogP contribution in [0.25, 0.3) is 5.69 Å². The van der Waals surface area contributed by atoms with Gasteiger partial charge in [-0.3, -0.25) is 9.36 Å². The van der Waals surface area contributed by atoms with Crippen LogP contribution in [0.5, 0.6) is 0 Å². The van der Waals surface area contributed by atoms with Gasteiger partial charge in [-0.2, -0.15) is 0 Å². The third-order valence-corrected chi connectivity index (χ3v) is 6.09. The average Bonchev–Trinajstić information content (AvgIpc) is 3.11. The Morgan fingerprint density at radius 1 is 1.12 bits per heavy atom. The van der Waals surface area contributed by atoms with Crippen LogP contribution in [0.1, 0.15) is 11.3 Å². The van der Waals surface area contributed by atoms with E-state index in [1.165, 1.54) is 17.8 Å². The summed E-state index contributed by atoms with van der Waals surface area (Å²) in [6.45, 7) is 0. The minimum atomic E-state index is -0.236. The number of para-hydroxylation sites is 1. The van der Waals surface area contributed by atoms with Gasteiger partial charge in [-0.15, -0.1) is 11.8 Å². The summed E-state index contributed by atoms with van der Waals surface area (Å²) in [5.41, 5.74) is 2.22. The molecule has 0 atom stereocenters. The molecule has 0 bridgehead atoms. The normalized spacial score (nSPS) is 13.0. The summed E-state index contributed by atoms with van der Waals surface area (Å²) < 4.78 is 15.6. The molecule has 126 valence electrons. The van der Waals surface area contributed by atoms with E-state index in [1.54, 1.807) is 28.5 Å². The Kier molecular flexibility index (Phi) is 4.63. The van der Waals surface area contributed by atoms with Gasteiger partial charge in [-0.1, -0.05) is 48.2 Å². The van der Waals surface area contributed by atoms with Gasteiger partial charge < -0.3 is 0 Å². The number of hydrogen-bond acceptors (Lipinski definition) is 4. The molecule has 2 heterocycles. The monoisotopic (exact) mass is 370 g/mol. The van der Waals surface area contributed by atoms with E-state index in [9.17, 15) is 9.18 Å². The molecule has 0 unspecified atom stereocenters. The molecule has 0 spiro atoms. The van der Waals surface area contributed by atoms with Crippen molar-refractivity contribution >= 4 is 23.5 Å². The lowest BCUT2D eigenvalue weighted by atomic mass is 10.2. The largest absolute Gasteiger partial charge is 0.272 e. The molecule has 0 aliphatic carbocycles. The van der Waals surface area contributed by atoms with Crippen LogP contribution in [-0.4, -0.2) is 15.3 Å². The highest BCUT2D eigenvalue weighted by Gasteiger charge is 2.22. The fourth-order valence-corrected chi connectivity index (χ4v) is 4.79. The van der Waals surface area contributed by atoms with Gasteiger partial charge in [0.25, 0.3) is 5.56 Å². The van der Waals surface area contributed by atoms with Crippen LogP contribution >= 0.6 is 23.5 Å². The Hall–Kier alpha value is -2.05. The number of aromatic nitrogens is 2. The molecule has 0 amide bonds. The Morgan fingerprint density at radius 2 is 1.88 bits per heavy atom. The van der Waals surface area contributed by atoms with Crippen molar-refractivity contribution in [2.24, 2.45) is 0 Å². The van der Waals surface area contributed by atoms with Crippen LogP contribution < -0.4 is 5.56 Å². The zero-order valence-electron chi connectivity index (χ0n) is 13.3. The van der Waals surface area contributed by atoms with Crippen molar-refractivity contribution in [1.29, 1.82) is 0 Å². The van der Waals surface area contributed by atoms with Gasteiger partial charge >= 0.3 is 0 Å². The van der Waals surface area contributed by atoms with E-state index in [0.29, 0.717) is 16.5 Å². The molecule has 0 radical (unpaired) electrons. The van der Waals surface area contributed by atoms with Crippen LogP contribution in [0, 0.1) is 5.82 Å². The maximum atomic E-state index is 13.9. The number of hydrogen-bond donors (Lipinski definition) is 0. The maximum Gasteiger partial charge on any atom is 0.272 e. The lowest BCUT2D eigenvalue weighted by Crippen LogP contribution is -2.23. The number of thioether (sulfide) groups is 2. The molecule has 2 aromatic carbocycles. The molecular weight excluding hydrogens is 355 g/mol. The van der Waals surface area contributed by atoms with E-state index < -0.39 is 0 Å². The van der Waals surface area contributed by atoms with E-state index in [1.807, 2.05) is 36.4 Å². The summed E-state index contributed by atoms with van der Waals surface area (Å²) in [5, 5.41) is 0.612. The van der Waals surface area contributed by atoms with E-state index in [4.69, 9.17) is 4.98 Å². The van der Waals surface area contributed by atoms with Gasteiger partial charge in [-0.05, 0) is 23.8 Å². The summed E-state index contributed by atoms with van der Waals surface area (Å²) in [6.07, 6.45) is 0.804. The fraction of sp³-hybridized carbons (Fsp3) is 0.158. The first-order chi connectivity index (χ1) is 12.2. The Bertz CT molecular complexity index is 973. The van der Waals surface area contributed by atoms with E-state index in [0.717, 1.165) is 28.5 Å². The molecular formula is C19H15FN2OS2. The number of benzene rings is 2. The zero-order chi connectivity index (χ0) is 17.2. The number of halogens is 1. The summed E-state index contributed by atoms with van der Waals surface area (Å²) in [6, 6.07) is 16.2. The highest BCUT2D eigenvalue weighted by Crippen LogP contribution is 2.31. The Labute approximate surface area is 153 Å². The SMILES string of the molecule is O=c1c2c(nc(SCc3ccccc3F)n1-c1ccccc1)CCS2. The van der Waals surface area contributed by atoms with E-state index in [-0.39, 0.29) is 11.4 Å². The molecule has 6 heteroatoms. The topological polar surface area (TPSA) is 34.9 Å². The molecule has 0 saturated heterocycles. The molecule has 0 fully saturated rings. The molecule has 1 aliphatic heterocycles. The van der Waals surface area contributed by atoms with Gasteiger partial charge in [-0.25, -0.2) is 9.37 Å². The highest BCUT2D eigenvalue weighted by molar-refractivity contribution is 7.99. The van der Waals surface area contributed by atoms with Crippen molar-refractivity contribution < 1.29 is 4.39 Å². The van der Waals surface area contributed by atoms with Crippen LogP contribution in [-0.2, 0) is 12.2 Å². The first-order valence-corrected chi connectivity index (χ1v) is 9.91. The van der Waals surface area contributed by atoms with Crippen molar-refractivity contribution in [3.63, 3.8) is 0 Å². The second kappa shape index (κ2) is 7.06. The number of aryl methyl sites for hydroxylation is 1. The smallest absolute Gasteiger partial charge is 0.268 e. The highest BCUT2D eigenvalue weighted by atomic mass is 32.2. The number of fused-ring (bicyclic) bond motifs is 1. The predicted molar refractivity (Wildman–Crippen MR) is 100 cm³/mol. The molecule has 0 N–H and O–H groups in total. The Morgan fingerprint density at radius 3 is 2.68 bits per heavy atom. The standard InChI is InChI=1S/C19H15FN2OS2/c20-15-9-5-4-6-13(15)12-25-19-21-16-10-11-24-17(16)18(23)22(19)14-7-2-1-3-8-14/h1-9H,10-12H2. The molecule has 3 nitrogen and oxygen atoms in total. The van der Waals surface area contributed by atoms with Gasteiger partial charge in [0, 0.05) is 17.9 Å². The summed E-state index contributed by atoms with van der Waals surface area (Å²) in [4.78, 5) is 18.4. The third kappa shape index (κ3) is 3.24. The quantitative estimate of drug-likeness (QED) is 0.506. The molecule has 0 saturated carbocycles. The van der Waals surface area contributed by atoms with Crippen LogP contribution in [0.2, 0.25) is 0 Å². The molecule has 3 aromatic rings. The molecule has 1 aromatic heterocycles. The van der Waals surface area contributed by atoms with E-state index in [2.05, 4.69) is 0 Å². The first kappa shape index (κ1) is 16.4. The van der Waals surface area contributed by atoms with Crippen molar-refractivity contribution in [1.82, 2.24) is 9.55 Å². The van der Waals surface area contributed by atoms with Crippen LogP contribution in [0.4, 0.5) is 4.39 Å². The van der Waals surface area contributed by atoms with Gasteiger partial charge in [0.2, 0.25) is 0 Å². The van der Waals surface area contributed by atoms with E-state index >= 15 is 0 Å². The average molecular weight is 370 g/mol. The van der Waals surface area contributed by atoms with Crippen molar-refractivity contribution in [2.45, 2.75) is 22.2 Å². The lowest BCUT2D eigenvalue weighted by Gasteiger charge is -2.13. The van der Waals surface area contributed by atoms with Crippen molar-refractivity contribution in [3.05, 3.63) is 82.0 Å². The number of rotatable bonds is 4. The maximum absolute atomic E-state index is 13.9. The Balaban J connectivity index is 1.77. The van der Waals surface area contributed by atoms with Gasteiger partial charge in [0.05, 0.1) is 16.3 Å². The zero-order valence-corrected chi connectivity index (χ0v) is 14.9. The second-order valence-electron chi connectivity index (χ2n) is 5.62. The molecule has 4 rings (SSSR count). The molecule has 1 aliphatic rings. The fourth-order valence-electron chi connectivity index (χ4n) is 2.75. The predicted octanol–water partition coefficient (Wildman–Crippen LogP) is 4.31. The number of nitrogens with zero attached hydrogens (tertiary/aromatic N) is 2. The summed E-state index contributed by atoms with van der Waals surface area (Å²) >= 11 is 2.96. The van der Waals surface area contributed by atoms with Crippen LogP contribution in [0.3, 0.4) is 0 Å². The summed E-state index contributed by atoms with van der Waals surface area (Å²) in [7, 11) is 0. The lowest BCUT2D eigenvalue weighted by molar-refractivity contribution is 0.617. The summed E-state index contributed by atoms with van der Waals surface area (Å²) in [5.74, 6) is 1.08. The minimum Gasteiger partial charge on any atom is -0.268 e. The molecule has 25 heavy (non-hydrogen) atoms. The first-order valence-electron chi connectivity index (χ1n) is 7.94. The van der Waals surface area contributed by atoms with Crippen LogP contribution in [0.15, 0.2) is 69.4 Å². The van der Waals surface area contributed by atoms with Crippen molar-refractivity contribution in [3.8, 4) is 5.69 Å². The second-order valence-corrected chi connectivity index (χ2v) is 7.67. The third-order valence-electron chi connectivity index (χ3n) is 4.00. The van der Waals surface area contributed by atoms with Gasteiger partial charge in [0.15, 0.2) is 5.16 Å². The van der Waals surface area contributed by atoms with Gasteiger partial charge in [0.1, 0.15) is 5.82 Å². The minimum absolute atomic E-state index is 0.0327.